The lowest BCUT2D eigenvalue weighted by Crippen LogP contribution is -2.20. The summed E-state index contributed by atoms with van der Waals surface area (Å²) < 4.78 is 13.0. The van der Waals surface area contributed by atoms with Gasteiger partial charge in [-0.3, -0.25) is 0 Å². The molecule has 0 aliphatic carbocycles. The first-order valence-corrected chi connectivity index (χ1v) is 5.75. The molecule has 2 rings (SSSR count). The molecule has 0 aliphatic rings. The minimum Gasteiger partial charge on any atom is -0.398 e. The molecule has 4 nitrogen and oxygen atoms in total. The SMILES string of the molecule is Cc1c(N)cccc1NC(=O)Nc1cccc(F)c1. The van der Waals surface area contributed by atoms with E-state index in [-0.39, 0.29) is 0 Å². The predicted octanol–water partition coefficient (Wildman–Crippen LogP) is 3.36. The van der Waals surface area contributed by atoms with Crippen LogP contribution in [-0.4, -0.2) is 6.03 Å². The minimum atomic E-state index is -0.445. The molecule has 0 saturated heterocycles. The van der Waals surface area contributed by atoms with Gasteiger partial charge in [0, 0.05) is 17.1 Å². The zero-order valence-corrected chi connectivity index (χ0v) is 10.4. The molecule has 4 N–H and O–H groups in total. The summed E-state index contributed by atoms with van der Waals surface area (Å²) in [5.74, 6) is -0.405. The van der Waals surface area contributed by atoms with E-state index in [0.29, 0.717) is 17.1 Å². The van der Waals surface area contributed by atoms with Crippen LogP contribution in [-0.2, 0) is 0 Å². The second-order valence-corrected chi connectivity index (χ2v) is 4.11. The van der Waals surface area contributed by atoms with Crippen LogP contribution in [0.4, 0.5) is 26.2 Å². The van der Waals surface area contributed by atoms with E-state index >= 15 is 0 Å². The topological polar surface area (TPSA) is 67.1 Å². The third kappa shape index (κ3) is 3.22. The zero-order valence-electron chi connectivity index (χ0n) is 10.4. The van der Waals surface area contributed by atoms with Crippen molar-refractivity contribution in [3.63, 3.8) is 0 Å². The van der Waals surface area contributed by atoms with Crippen molar-refractivity contribution in [3.8, 4) is 0 Å². The van der Waals surface area contributed by atoms with E-state index in [1.54, 1.807) is 24.3 Å². The molecule has 2 aromatic rings. The molecular weight excluding hydrogens is 245 g/mol. The standard InChI is InChI=1S/C14H14FN3O/c1-9-12(16)6-3-7-13(9)18-14(19)17-11-5-2-4-10(15)8-11/h2-8H,16H2,1H3,(H2,17,18,19). The van der Waals surface area contributed by atoms with Crippen LogP contribution in [0, 0.1) is 12.7 Å². The van der Waals surface area contributed by atoms with E-state index in [2.05, 4.69) is 10.6 Å². The third-order valence-electron chi connectivity index (χ3n) is 2.71. The Kier molecular flexibility index (Phi) is 3.66. The molecule has 19 heavy (non-hydrogen) atoms. The number of benzene rings is 2. The molecular formula is C14H14FN3O. The predicted molar refractivity (Wildman–Crippen MR) is 74.6 cm³/mol. The minimum absolute atomic E-state index is 0.388. The van der Waals surface area contributed by atoms with Gasteiger partial charge in [-0.25, -0.2) is 9.18 Å². The van der Waals surface area contributed by atoms with Crippen LogP contribution in [0.1, 0.15) is 5.56 Å². The lowest BCUT2D eigenvalue weighted by atomic mass is 10.1. The van der Waals surface area contributed by atoms with Crippen LogP contribution < -0.4 is 16.4 Å². The molecule has 0 aliphatic heterocycles. The molecule has 5 heteroatoms. The van der Waals surface area contributed by atoms with E-state index < -0.39 is 11.8 Å². The van der Waals surface area contributed by atoms with E-state index in [4.69, 9.17) is 5.73 Å². The number of halogens is 1. The van der Waals surface area contributed by atoms with Gasteiger partial charge in [-0.2, -0.15) is 0 Å². The Morgan fingerprint density at radius 3 is 2.63 bits per heavy atom. The normalized spacial score (nSPS) is 10.0. The monoisotopic (exact) mass is 259 g/mol. The van der Waals surface area contributed by atoms with Gasteiger partial charge in [-0.05, 0) is 42.8 Å². The molecule has 0 spiro atoms. The molecule has 0 unspecified atom stereocenters. The molecule has 0 aromatic heterocycles. The van der Waals surface area contributed by atoms with Gasteiger partial charge in [0.25, 0.3) is 0 Å². The molecule has 0 radical (unpaired) electrons. The van der Waals surface area contributed by atoms with Crippen LogP contribution >= 0.6 is 0 Å². The van der Waals surface area contributed by atoms with Crippen LogP contribution in [0.3, 0.4) is 0 Å². The average molecular weight is 259 g/mol. The Morgan fingerprint density at radius 2 is 1.89 bits per heavy atom. The highest BCUT2D eigenvalue weighted by molar-refractivity contribution is 6.00. The first-order valence-electron chi connectivity index (χ1n) is 5.75. The highest BCUT2D eigenvalue weighted by atomic mass is 19.1. The quantitative estimate of drug-likeness (QED) is 0.724. The Labute approximate surface area is 110 Å². The molecule has 2 aromatic carbocycles. The number of amides is 2. The molecule has 98 valence electrons. The van der Waals surface area contributed by atoms with Crippen molar-refractivity contribution in [2.75, 3.05) is 16.4 Å². The lowest BCUT2D eigenvalue weighted by molar-refractivity contribution is 0.262. The number of nitrogens with two attached hydrogens (primary N) is 1. The van der Waals surface area contributed by atoms with Crippen molar-refractivity contribution in [2.45, 2.75) is 6.92 Å². The smallest absolute Gasteiger partial charge is 0.323 e. The van der Waals surface area contributed by atoms with Gasteiger partial charge in [0.05, 0.1) is 0 Å². The third-order valence-corrected chi connectivity index (χ3v) is 2.71. The molecule has 0 saturated carbocycles. The fourth-order valence-electron chi connectivity index (χ4n) is 1.64. The maximum Gasteiger partial charge on any atom is 0.323 e. The van der Waals surface area contributed by atoms with Gasteiger partial charge >= 0.3 is 6.03 Å². The number of carbonyl (C=O) groups excluding carboxylic acids is 1. The summed E-state index contributed by atoms with van der Waals surface area (Å²) in [6.45, 7) is 1.81. The summed E-state index contributed by atoms with van der Waals surface area (Å²) in [7, 11) is 0. The number of anilines is 3. The van der Waals surface area contributed by atoms with Gasteiger partial charge in [-0.1, -0.05) is 12.1 Å². The van der Waals surface area contributed by atoms with Crippen LogP contribution in [0.25, 0.3) is 0 Å². The number of carbonyl (C=O) groups is 1. The summed E-state index contributed by atoms with van der Waals surface area (Å²) in [5.41, 5.74) is 8.14. The first kappa shape index (κ1) is 12.9. The van der Waals surface area contributed by atoms with Crippen LogP contribution in [0.5, 0.6) is 0 Å². The number of nitrogens with one attached hydrogen (secondary N) is 2. The molecule has 0 bridgehead atoms. The largest absolute Gasteiger partial charge is 0.398 e. The van der Waals surface area contributed by atoms with E-state index in [0.717, 1.165) is 5.56 Å². The summed E-state index contributed by atoms with van der Waals surface area (Å²) in [6.07, 6.45) is 0. The van der Waals surface area contributed by atoms with Crippen molar-refractivity contribution < 1.29 is 9.18 Å². The summed E-state index contributed by atoms with van der Waals surface area (Å²) in [5, 5.41) is 5.21. The van der Waals surface area contributed by atoms with Crippen molar-refractivity contribution >= 4 is 23.1 Å². The Morgan fingerprint density at radius 1 is 1.16 bits per heavy atom. The molecule has 2 amide bonds. The fraction of sp³-hybridized carbons (Fsp3) is 0.0714. The first-order chi connectivity index (χ1) is 9.06. The van der Waals surface area contributed by atoms with Crippen molar-refractivity contribution in [1.29, 1.82) is 0 Å². The Hall–Kier alpha value is -2.56. The van der Waals surface area contributed by atoms with Crippen molar-refractivity contribution in [3.05, 3.63) is 53.8 Å². The van der Waals surface area contributed by atoms with Gasteiger partial charge in [-0.15, -0.1) is 0 Å². The van der Waals surface area contributed by atoms with Crippen molar-refractivity contribution in [1.82, 2.24) is 0 Å². The number of urea groups is 1. The molecule has 0 heterocycles. The van der Waals surface area contributed by atoms with Crippen molar-refractivity contribution in [2.24, 2.45) is 0 Å². The van der Waals surface area contributed by atoms with Gasteiger partial charge in [0.15, 0.2) is 0 Å². The van der Waals surface area contributed by atoms with E-state index in [1.165, 1.54) is 18.2 Å². The van der Waals surface area contributed by atoms with E-state index in [9.17, 15) is 9.18 Å². The highest BCUT2D eigenvalue weighted by Gasteiger charge is 2.06. The fourth-order valence-corrected chi connectivity index (χ4v) is 1.64. The molecule has 0 atom stereocenters. The maximum atomic E-state index is 13.0. The van der Waals surface area contributed by atoms with Gasteiger partial charge < -0.3 is 16.4 Å². The number of hydrogen-bond donors (Lipinski definition) is 3. The van der Waals surface area contributed by atoms with Gasteiger partial charge in [0.1, 0.15) is 5.82 Å². The summed E-state index contributed by atoms with van der Waals surface area (Å²) in [4.78, 5) is 11.8. The lowest BCUT2D eigenvalue weighted by Gasteiger charge is -2.11. The number of rotatable bonds is 2. The number of nitrogen functional groups attached to an aromatic ring is 1. The summed E-state index contributed by atoms with van der Waals surface area (Å²) in [6, 6.07) is 10.5. The highest BCUT2D eigenvalue weighted by Crippen LogP contribution is 2.20. The number of hydrogen-bond acceptors (Lipinski definition) is 2. The molecule has 0 fully saturated rings. The Balaban J connectivity index is 2.08. The second kappa shape index (κ2) is 5.39. The Bertz CT molecular complexity index is 613. The van der Waals surface area contributed by atoms with Gasteiger partial charge in [0.2, 0.25) is 0 Å². The second-order valence-electron chi connectivity index (χ2n) is 4.11. The van der Waals surface area contributed by atoms with Crippen LogP contribution in [0.2, 0.25) is 0 Å². The average Bonchev–Trinajstić information content (AvgIpc) is 2.35. The van der Waals surface area contributed by atoms with Crippen LogP contribution in [0.15, 0.2) is 42.5 Å². The van der Waals surface area contributed by atoms with E-state index in [1.807, 2.05) is 6.92 Å². The summed E-state index contributed by atoms with van der Waals surface area (Å²) >= 11 is 0. The maximum absolute atomic E-state index is 13.0. The zero-order chi connectivity index (χ0) is 13.8.